The van der Waals surface area contributed by atoms with Gasteiger partial charge in [0.2, 0.25) is 11.8 Å². The van der Waals surface area contributed by atoms with Crippen LogP contribution in [-0.2, 0) is 22.6 Å². The molecule has 1 aliphatic heterocycles. The summed E-state index contributed by atoms with van der Waals surface area (Å²) in [6.45, 7) is 4.24. The molecule has 1 aliphatic carbocycles. The summed E-state index contributed by atoms with van der Waals surface area (Å²) in [5.41, 5.74) is 0. The number of aryl methyl sites for hydroxylation is 2. The molecule has 2 amide bonds. The topological polar surface area (TPSA) is 58.4 Å². The number of carbonyl (C=O) groups is 2. The Morgan fingerprint density at radius 1 is 1.36 bits per heavy atom. The molecule has 25 heavy (non-hydrogen) atoms. The predicted octanol–water partition coefficient (Wildman–Crippen LogP) is 2.09. The third-order valence-corrected chi connectivity index (χ3v) is 5.65. The third-order valence-electron chi connectivity index (χ3n) is 5.65. The highest BCUT2D eigenvalue weighted by atomic mass is 16.2. The normalized spacial score (nSPS) is 21.3. The molecule has 1 saturated carbocycles. The molecule has 0 spiro atoms. The SMILES string of the molecule is CCc1nccn1CCC(=O)N(C)CC1CC(=O)N(C2CCCC2)C1. The molecule has 1 atom stereocenters. The van der Waals surface area contributed by atoms with Crippen LogP contribution in [0.15, 0.2) is 12.4 Å². The van der Waals surface area contributed by atoms with Crippen LogP contribution >= 0.6 is 0 Å². The van der Waals surface area contributed by atoms with Crippen molar-refractivity contribution in [3.63, 3.8) is 0 Å². The summed E-state index contributed by atoms with van der Waals surface area (Å²) in [5.74, 6) is 1.72. The molecule has 1 unspecified atom stereocenters. The first-order valence-electron chi connectivity index (χ1n) is 9.62. The Morgan fingerprint density at radius 3 is 2.84 bits per heavy atom. The van der Waals surface area contributed by atoms with Crippen molar-refractivity contribution >= 4 is 11.8 Å². The largest absolute Gasteiger partial charge is 0.345 e. The minimum atomic E-state index is 0.141. The van der Waals surface area contributed by atoms with Crippen molar-refractivity contribution < 1.29 is 9.59 Å². The molecular weight excluding hydrogens is 316 g/mol. The maximum Gasteiger partial charge on any atom is 0.224 e. The van der Waals surface area contributed by atoms with Crippen LogP contribution < -0.4 is 0 Å². The van der Waals surface area contributed by atoms with Gasteiger partial charge in [-0.3, -0.25) is 9.59 Å². The van der Waals surface area contributed by atoms with Crippen LogP contribution in [0, 0.1) is 5.92 Å². The lowest BCUT2D eigenvalue weighted by atomic mass is 10.1. The van der Waals surface area contributed by atoms with Crippen LogP contribution in [0.2, 0.25) is 0 Å². The summed E-state index contributed by atoms with van der Waals surface area (Å²) in [4.78, 5) is 32.9. The number of likely N-dealkylation sites (tertiary alicyclic amines) is 1. The van der Waals surface area contributed by atoms with E-state index in [0.29, 0.717) is 32.0 Å². The smallest absolute Gasteiger partial charge is 0.224 e. The second-order valence-corrected chi connectivity index (χ2v) is 7.47. The van der Waals surface area contributed by atoms with Gasteiger partial charge in [-0.25, -0.2) is 4.98 Å². The fourth-order valence-corrected chi connectivity index (χ4v) is 4.25. The van der Waals surface area contributed by atoms with E-state index < -0.39 is 0 Å². The molecule has 1 aromatic heterocycles. The van der Waals surface area contributed by atoms with Crippen LogP contribution in [0.25, 0.3) is 0 Å². The minimum absolute atomic E-state index is 0.141. The average molecular weight is 346 g/mol. The molecule has 0 N–H and O–H groups in total. The number of rotatable bonds is 7. The number of nitrogens with zero attached hydrogens (tertiary/aromatic N) is 4. The summed E-state index contributed by atoms with van der Waals surface area (Å²) in [7, 11) is 1.86. The Morgan fingerprint density at radius 2 is 2.12 bits per heavy atom. The van der Waals surface area contributed by atoms with E-state index in [2.05, 4.69) is 16.8 Å². The zero-order valence-corrected chi connectivity index (χ0v) is 15.5. The van der Waals surface area contributed by atoms with Crippen molar-refractivity contribution in [1.82, 2.24) is 19.4 Å². The monoisotopic (exact) mass is 346 g/mol. The summed E-state index contributed by atoms with van der Waals surface area (Å²) < 4.78 is 2.05. The molecule has 0 radical (unpaired) electrons. The number of imidazole rings is 1. The molecule has 138 valence electrons. The predicted molar refractivity (Wildman–Crippen MR) is 95.9 cm³/mol. The van der Waals surface area contributed by atoms with Crippen LogP contribution in [0.4, 0.5) is 0 Å². The van der Waals surface area contributed by atoms with Gasteiger partial charge in [0.05, 0.1) is 0 Å². The molecule has 0 bridgehead atoms. The second kappa shape index (κ2) is 8.02. The van der Waals surface area contributed by atoms with E-state index >= 15 is 0 Å². The van der Waals surface area contributed by atoms with Gasteiger partial charge in [-0.05, 0) is 12.8 Å². The second-order valence-electron chi connectivity index (χ2n) is 7.47. The van der Waals surface area contributed by atoms with E-state index in [1.54, 1.807) is 11.1 Å². The van der Waals surface area contributed by atoms with E-state index in [0.717, 1.165) is 31.6 Å². The number of aromatic nitrogens is 2. The van der Waals surface area contributed by atoms with Crippen LogP contribution in [-0.4, -0.2) is 57.3 Å². The first kappa shape index (κ1) is 18.0. The molecule has 2 heterocycles. The quantitative estimate of drug-likeness (QED) is 0.759. The van der Waals surface area contributed by atoms with Crippen LogP contribution in [0.3, 0.4) is 0 Å². The highest BCUT2D eigenvalue weighted by Gasteiger charge is 2.36. The van der Waals surface area contributed by atoms with E-state index in [-0.39, 0.29) is 17.7 Å². The first-order chi connectivity index (χ1) is 12.1. The summed E-state index contributed by atoms with van der Waals surface area (Å²) in [5, 5.41) is 0. The van der Waals surface area contributed by atoms with Crippen molar-refractivity contribution in [3.05, 3.63) is 18.2 Å². The summed E-state index contributed by atoms with van der Waals surface area (Å²) >= 11 is 0. The van der Waals surface area contributed by atoms with Crippen molar-refractivity contribution in [2.75, 3.05) is 20.1 Å². The van der Waals surface area contributed by atoms with Gasteiger partial charge in [-0.15, -0.1) is 0 Å². The van der Waals surface area contributed by atoms with E-state index in [1.165, 1.54) is 12.8 Å². The van der Waals surface area contributed by atoms with E-state index in [4.69, 9.17) is 0 Å². The van der Waals surface area contributed by atoms with Crippen molar-refractivity contribution in [2.24, 2.45) is 5.92 Å². The summed E-state index contributed by atoms with van der Waals surface area (Å²) in [6.07, 6.45) is 10.4. The minimum Gasteiger partial charge on any atom is -0.345 e. The molecule has 6 heteroatoms. The molecule has 3 rings (SSSR count). The van der Waals surface area contributed by atoms with Gasteiger partial charge in [-0.2, -0.15) is 0 Å². The van der Waals surface area contributed by atoms with Gasteiger partial charge in [0.25, 0.3) is 0 Å². The number of carbonyl (C=O) groups excluding carboxylic acids is 2. The van der Waals surface area contributed by atoms with Gasteiger partial charge in [0.15, 0.2) is 0 Å². The molecule has 2 aliphatic rings. The van der Waals surface area contributed by atoms with E-state index in [9.17, 15) is 9.59 Å². The standard InChI is InChI=1S/C19H30N4O2/c1-3-17-20-9-11-22(17)10-8-18(24)21(2)13-15-12-19(25)23(14-15)16-6-4-5-7-16/h9,11,15-16H,3-8,10,12-14H2,1-2H3. The van der Waals surface area contributed by atoms with Crippen molar-refractivity contribution in [3.8, 4) is 0 Å². The highest BCUT2D eigenvalue weighted by Crippen LogP contribution is 2.29. The zero-order valence-electron chi connectivity index (χ0n) is 15.5. The fraction of sp³-hybridized carbons (Fsp3) is 0.737. The lowest BCUT2D eigenvalue weighted by Gasteiger charge is -2.25. The maximum atomic E-state index is 12.4. The Kier molecular flexibility index (Phi) is 5.76. The molecule has 2 fully saturated rings. The highest BCUT2D eigenvalue weighted by molar-refractivity contribution is 5.79. The number of amides is 2. The fourth-order valence-electron chi connectivity index (χ4n) is 4.25. The van der Waals surface area contributed by atoms with Gasteiger partial charge in [0.1, 0.15) is 5.82 Å². The summed E-state index contributed by atoms with van der Waals surface area (Å²) in [6, 6.07) is 0.451. The Labute approximate surface area is 150 Å². The number of hydrogen-bond acceptors (Lipinski definition) is 3. The molecule has 6 nitrogen and oxygen atoms in total. The van der Waals surface area contributed by atoms with E-state index in [1.807, 2.05) is 17.8 Å². The van der Waals surface area contributed by atoms with Crippen molar-refractivity contribution in [1.29, 1.82) is 0 Å². The van der Waals surface area contributed by atoms with Gasteiger partial charge in [-0.1, -0.05) is 19.8 Å². The molecule has 1 saturated heterocycles. The van der Waals surface area contributed by atoms with Gasteiger partial charge < -0.3 is 14.4 Å². The van der Waals surface area contributed by atoms with Crippen LogP contribution in [0.1, 0.15) is 51.3 Å². The lowest BCUT2D eigenvalue weighted by Crippen LogP contribution is -2.36. The van der Waals surface area contributed by atoms with Crippen molar-refractivity contribution in [2.45, 2.75) is 64.5 Å². The zero-order chi connectivity index (χ0) is 17.8. The first-order valence-corrected chi connectivity index (χ1v) is 9.62. The third kappa shape index (κ3) is 4.22. The molecule has 1 aromatic rings. The molecule has 0 aromatic carbocycles. The average Bonchev–Trinajstić information content (AvgIpc) is 3.33. The molecular formula is C19H30N4O2. The lowest BCUT2D eigenvalue weighted by molar-refractivity contribution is -0.131. The van der Waals surface area contributed by atoms with Gasteiger partial charge in [0, 0.05) is 70.3 Å². The Bertz CT molecular complexity index is 606. The number of hydrogen-bond donors (Lipinski definition) is 0. The Balaban J connectivity index is 1.46. The Hall–Kier alpha value is -1.85. The maximum absolute atomic E-state index is 12.4. The van der Waals surface area contributed by atoms with Crippen LogP contribution in [0.5, 0.6) is 0 Å². The van der Waals surface area contributed by atoms with Gasteiger partial charge >= 0.3 is 0 Å².